The lowest BCUT2D eigenvalue weighted by Crippen LogP contribution is -2.46. The number of hydrogen-bond acceptors (Lipinski definition) is 3. The number of nitrogens with one attached hydrogen (secondary N) is 1. The van der Waals surface area contributed by atoms with Crippen molar-refractivity contribution in [1.29, 1.82) is 0 Å². The van der Waals surface area contributed by atoms with Crippen LogP contribution in [0.4, 0.5) is 4.79 Å². The highest BCUT2D eigenvalue weighted by molar-refractivity contribution is 5.77. The summed E-state index contributed by atoms with van der Waals surface area (Å²) in [6, 6.07) is 18.2. The van der Waals surface area contributed by atoms with Crippen LogP contribution in [0.15, 0.2) is 60.7 Å². The van der Waals surface area contributed by atoms with E-state index in [1.54, 1.807) is 26.0 Å². The molecule has 2 aromatic carbocycles. The van der Waals surface area contributed by atoms with Crippen molar-refractivity contribution < 1.29 is 19.8 Å². The van der Waals surface area contributed by atoms with Crippen molar-refractivity contribution in [3.8, 4) is 0 Å². The number of carbonyl (C=O) groups is 2. The van der Waals surface area contributed by atoms with Crippen LogP contribution in [0.25, 0.3) is 0 Å². The molecule has 0 aromatic heterocycles. The molecule has 0 aliphatic carbocycles. The van der Waals surface area contributed by atoms with E-state index in [9.17, 15) is 19.8 Å². The number of hydrogen-bond donors (Lipinski definition) is 3. The average Bonchev–Trinajstić information content (AvgIpc) is 2.67. The van der Waals surface area contributed by atoms with Gasteiger partial charge in [-0.2, -0.15) is 0 Å². The fourth-order valence-corrected chi connectivity index (χ4v) is 2.50. The molecule has 1 atom stereocenters. The number of aliphatic hydroxyl groups excluding tert-OH is 1. The van der Waals surface area contributed by atoms with Gasteiger partial charge in [-0.1, -0.05) is 60.7 Å². The standard InChI is InChI=1S/C21H26N2O4/c1-21(2,19(25)26)15-22-20(27)23(13-16-9-5-3-6-10-16)14-18(24)17-11-7-4-8-12-17/h3-12,18,24H,13-15H2,1-2H3,(H,22,27)(H,25,26). The van der Waals surface area contributed by atoms with E-state index in [0.717, 1.165) is 5.56 Å². The number of aliphatic hydroxyl groups is 1. The Kier molecular flexibility index (Phi) is 6.96. The molecule has 0 spiro atoms. The molecular formula is C21H26N2O4. The Morgan fingerprint density at radius 2 is 1.59 bits per heavy atom. The molecule has 1 unspecified atom stereocenters. The van der Waals surface area contributed by atoms with Gasteiger partial charge in [0, 0.05) is 13.1 Å². The largest absolute Gasteiger partial charge is 0.481 e. The Hall–Kier alpha value is -2.86. The van der Waals surface area contributed by atoms with E-state index >= 15 is 0 Å². The van der Waals surface area contributed by atoms with Crippen LogP contribution in [0, 0.1) is 5.41 Å². The Morgan fingerprint density at radius 3 is 2.15 bits per heavy atom. The number of benzene rings is 2. The number of carbonyl (C=O) groups excluding carboxylic acids is 1. The molecule has 0 saturated carbocycles. The maximum atomic E-state index is 12.7. The lowest BCUT2D eigenvalue weighted by Gasteiger charge is -2.28. The molecule has 2 rings (SSSR count). The van der Waals surface area contributed by atoms with Crippen molar-refractivity contribution in [2.24, 2.45) is 5.41 Å². The third kappa shape index (κ3) is 6.11. The minimum atomic E-state index is -1.08. The minimum absolute atomic E-state index is 0.00606. The van der Waals surface area contributed by atoms with Gasteiger partial charge in [0.2, 0.25) is 0 Å². The quantitative estimate of drug-likeness (QED) is 0.666. The highest BCUT2D eigenvalue weighted by atomic mass is 16.4. The second kappa shape index (κ2) is 9.19. The first-order valence-corrected chi connectivity index (χ1v) is 8.83. The number of carboxylic acids is 1. The van der Waals surface area contributed by atoms with Crippen LogP contribution >= 0.6 is 0 Å². The molecule has 0 fully saturated rings. The highest BCUT2D eigenvalue weighted by Crippen LogP contribution is 2.17. The van der Waals surface area contributed by atoms with Gasteiger partial charge in [0.05, 0.1) is 18.1 Å². The van der Waals surface area contributed by atoms with Gasteiger partial charge >= 0.3 is 12.0 Å². The van der Waals surface area contributed by atoms with E-state index in [4.69, 9.17) is 0 Å². The molecule has 0 heterocycles. The maximum Gasteiger partial charge on any atom is 0.317 e. The fraction of sp³-hybridized carbons (Fsp3) is 0.333. The molecule has 0 aliphatic heterocycles. The van der Waals surface area contributed by atoms with Gasteiger partial charge in [-0.25, -0.2) is 4.79 Å². The molecule has 0 bridgehead atoms. The smallest absolute Gasteiger partial charge is 0.317 e. The minimum Gasteiger partial charge on any atom is -0.481 e. The van der Waals surface area contributed by atoms with Crippen LogP contribution < -0.4 is 5.32 Å². The van der Waals surface area contributed by atoms with E-state index in [1.807, 2.05) is 48.5 Å². The number of rotatable bonds is 8. The van der Waals surface area contributed by atoms with Crippen LogP contribution in [-0.4, -0.2) is 40.2 Å². The predicted molar refractivity (Wildman–Crippen MR) is 103 cm³/mol. The fourth-order valence-electron chi connectivity index (χ4n) is 2.50. The summed E-state index contributed by atoms with van der Waals surface area (Å²) >= 11 is 0. The van der Waals surface area contributed by atoms with Crippen molar-refractivity contribution in [1.82, 2.24) is 10.2 Å². The predicted octanol–water partition coefficient (Wildman–Crippen LogP) is 3.04. The van der Waals surface area contributed by atoms with Crippen LogP contribution in [0.2, 0.25) is 0 Å². The maximum absolute atomic E-state index is 12.7. The van der Waals surface area contributed by atoms with Crippen LogP contribution in [-0.2, 0) is 11.3 Å². The van der Waals surface area contributed by atoms with Gasteiger partial charge in [-0.3, -0.25) is 4.79 Å². The van der Waals surface area contributed by atoms with Crippen LogP contribution in [0.1, 0.15) is 31.1 Å². The van der Waals surface area contributed by atoms with Crippen molar-refractivity contribution in [3.05, 3.63) is 71.8 Å². The number of nitrogens with zero attached hydrogens (tertiary/aromatic N) is 1. The summed E-state index contributed by atoms with van der Waals surface area (Å²) in [5.41, 5.74) is 0.561. The first kappa shape index (κ1) is 20.5. The second-order valence-corrected chi connectivity index (χ2v) is 7.14. The van der Waals surface area contributed by atoms with E-state index in [-0.39, 0.29) is 13.1 Å². The molecule has 144 valence electrons. The normalized spacial score (nSPS) is 12.3. The van der Waals surface area contributed by atoms with E-state index in [2.05, 4.69) is 5.32 Å². The third-order valence-electron chi connectivity index (χ3n) is 4.34. The zero-order chi connectivity index (χ0) is 19.9. The Morgan fingerprint density at radius 1 is 1.04 bits per heavy atom. The van der Waals surface area contributed by atoms with Gasteiger partial charge in [0.1, 0.15) is 0 Å². The molecule has 2 aromatic rings. The molecule has 6 heteroatoms. The topological polar surface area (TPSA) is 89.9 Å². The zero-order valence-corrected chi connectivity index (χ0v) is 15.6. The van der Waals surface area contributed by atoms with Gasteiger partial charge in [-0.15, -0.1) is 0 Å². The first-order valence-electron chi connectivity index (χ1n) is 8.83. The molecule has 0 aliphatic rings. The summed E-state index contributed by atoms with van der Waals surface area (Å²) < 4.78 is 0. The Balaban J connectivity index is 2.11. The summed E-state index contributed by atoms with van der Waals surface area (Å²) in [5, 5.41) is 22.4. The monoisotopic (exact) mass is 370 g/mol. The Labute approximate surface area is 159 Å². The van der Waals surface area contributed by atoms with Crippen molar-refractivity contribution in [2.45, 2.75) is 26.5 Å². The number of urea groups is 1. The number of carboxylic acid groups (broad SMARTS) is 1. The van der Waals surface area contributed by atoms with Gasteiger partial charge < -0.3 is 20.4 Å². The van der Waals surface area contributed by atoms with Crippen molar-refractivity contribution >= 4 is 12.0 Å². The Bertz CT molecular complexity index is 747. The molecule has 3 N–H and O–H groups in total. The third-order valence-corrected chi connectivity index (χ3v) is 4.34. The van der Waals surface area contributed by atoms with Crippen LogP contribution in [0.5, 0.6) is 0 Å². The SMILES string of the molecule is CC(C)(CNC(=O)N(Cc1ccccc1)CC(O)c1ccccc1)C(=O)O. The second-order valence-electron chi connectivity index (χ2n) is 7.14. The lowest BCUT2D eigenvalue weighted by molar-refractivity contribution is -0.146. The summed E-state index contributed by atoms with van der Waals surface area (Å²) in [7, 11) is 0. The van der Waals surface area contributed by atoms with Gasteiger partial charge in [0.25, 0.3) is 0 Å². The number of amides is 2. The summed E-state index contributed by atoms with van der Waals surface area (Å²) in [5.74, 6) is -0.985. The lowest BCUT2D eigenvalue weighted by atomic mass is 9.94. The van der Waals surface area contributed by atoms with Crippen molar-refractivity contribution in [3.63, 3.8) is 0 Å². The zero-order valence-electron chi connectivity index (χ0n) is 15.6. The van der Waals surface area contributed by atoms with Gasteiger partial charge in [0.15, 0.2) is 0 Å². The molecular weight excluding hydrogens is 344 g/mol. The average molecular weight is 370 g/mol. The van der Waals surface area contributed by atoms with Gasteiger partial charge in [-0.05, 0) is 25.0 Å². The molecule has 6 nitrogen and oxygen atoms in total. The van der Waals surface area contributed by atoms with Crippen LogP contribution in [0.3, 0.4) is 0 Å². The molecule has 0 radical (unpaired) electrons. The molecule has 27 heavy (non-hydrogen) atoms. The highest BCUT2D eigenvalue weighted by Gasteiger charge is 2.29. The first-order chi connectivity index (χ1) is 12.8. The summed E-state index contributed by atoms with van der Waals surface area (Å²) in [6.45, 7) is 3.50. The van der Waals surface area contributed by atoms with E-state index in [0.29, 0.717) is 12.1 Å². The summed E-state index contributed by atoms with van der Waals surface area (Å²) in [4.78, 5) is 25.4. The van der Waals surface area contributed by atoms with Crippen molar-refractivity contribution in [2.75, 3.05) is 13.1 Å². The number of aliphatic carboxylic acids is 1. The van der Waals surface area contributed by atoms with E-state index < -0.39 is 23.5 Å². The summed E-state index contributed by atoms with van der Waals surface area (Å²) in [6.07, 6.45) is -0.840. The van der Waals surface area contributed by atoms with E-state index in [1.165, 1.54) is 4.90 Å². The molecule has 0 saturated heterocycles. The molecule has 2 amide bonds.